The van der Waals surface area contributed by atoms with Gasteiger partial charge in [-0.2, -0.15) is 0 Å². The van der Waals surface area contributed by atoms with Gasteiger partial charge in [-0.3, -0.25) is 4.79 Å². The van der Waals surface area contributed by atoms with Crippen molar-refractivity contribution in [1.29, 1.82) is 0 Å². The molecule has 0 aromatic heterocycles. The van der Waals surface area contributed by atoms with Crippen LogP contribution < -0.4 is 5.32 Å². The number of benzene rings is 1. The summed E-state index contributed by atoms with van der Waals surface area (Å²) < 4.78 is 14.6. The number of piperidine rings is 1. The topological polar surface area (TPSA) is 32.3 Å². The molecule has 30 heavy (non-hydrogen) atoms. The standard InChI is InChI=1S/C25H38BrFN2O/c1-2-4-25(30)28-23-9-6-19(7-10-23)5-3-14-29-15-12-20(13-16-29)17-21-18-22(27)8-11-24(21)26/h8,11,18-20,23H,2-7,9-10,12-17H2,1H3,(H,28,30). The summed E-state index contributed by atoms with van der Waals surface area (Å²) >= 11 is 3.57. The number of rotatable bonds is 9. The third-order valence-corrected chi connectivity index (χ3v) is 7.77. The SMILES string of the molecule is CCCC(=O)NC1CCC(CCCN2CCC(Cc3cc(F)ccc3Br)CC2)CC1. The number of nitrogens with one attached hydrogen (secondary N) is 1. The van der Waals surface area contributed by atoms with Gasteiger partial charge in [0.15, 0.2) is 0 Å². The molecule has 1 aliphatic carbocycles. The molecule has 0 radical (unpaired) electrons. The molecule has 1 aromatic carbocycles. The van der Waals surface area contributed by atoms with E-state index in [4.69, 9.17) is 0 Å². The van der Waals surface area contributed by atoms with Gasteiger partial charge in [-0.15, -0.1) is 0 Å². The highest BCUT2D eigenvalue weighted by molar-refractivity contribution is 9.10. The molecule has 5 heteroatoms. The third-order valence-electron chi connectivity index (χ3n) is 7.00. The minimum atomic E-state index is -0.136. The summed E-state index contributed by atoms with van der Waals surface area (Å²) in [4.78, 5) is 14.4. The Kier molecular flexibility index (Phi) is 9.64. The van der Waals surface area contributed by atoms with E-state index in [1.165, 1.54) is 64.2 Å². The van der Waals surface area contributed by atoms with Gasteiger partial charge in [-0.25, -0.2) is 4.39 Å². The van der Waals surface area contributed by atoms with Crippen molar-refractivity contribution in [2.24, 2.45) is 11.8 Å². The van der Waals surface area contributed by atoms with Crippen LogP contribution in [0.2, 0.25) is 0 Å². The van der Waals surface area contributed by atoms with Gasteiger partial charge in [0.2, 0.25) is 5.91 Å². The number of amides is 1. The molecule has 1 heterocycles. The summed E-state index contributed by atoms with van der Waals surface area (Å²) in [6.45, 7) is 5.62. The zero-order valence-corrected chi connectivity index (χ0v) is 20.1. The van der Waals surface area contributed by atoms with Crippen LogP contribution in [0.15, 0.2) is 22.7 Å². The largest absolute Gasteiger partial charge is 0.353 e. The number of carbonyl (C=O) groups is 1. The van der Waals surface area contributed by atoms with Crippen molar-refractivity contribution < 1.29 is 9.18 Å². The van der Waals surface area contributed by atoms with Crippen LogP contribution in [-0.2, 0) is 11.2 Å². The van der Waals surface area contributed by atoms with Crippen LogP contribution in [0.25, 0.3) is 0 Å². The summed E-state index contributed by atoms with van der Waals surface area (Å²) in [6, 6.07) is 5.44. The Morgan fingerprint density at radius 3 is 2.57 bits per heavy atom. The highest BCUT2D eigenvalue weighted by atomic mass is 79.9. The van der Waals surface area contributed by atoms with Gasteiger partial charge < -0.3 is 10.2 Å². The predicted molar refractivity (Wildman–Crippen MR) is 125 cm³/mol. The molecule has 3 nitrogen and oxygen atoms in total. The van der Waals surface area contributed by atoms with E-state index in [9.17, 15) is 9.18 Å². The Hall–Kier alpha value is -0.940. The second kappa shape index (κ2) is 12.2. The van der Waals surface area contributed by atoms with Crippen LogP contribution in [0.5, 0.6) is 0 Å². The molecule has 0 bridgehead atoms. The Morgan fingerprint density at radius 1 is 1.13 bits per heavy atom. The lowest BCUT2D eigenvalue weighted by molar-refractivity contribution is -0.122. The van der Waals surface area contributed by atoms with Crippen LogP contribution in [-0.4, -0.2) is 36.5 Å². The zero-order chi connectivity index (χ0) is 21.3. The molecular weight excluding hydrogens is 443 g/mol. The first-order chi connectivity index (χ1) is 14.5. The van der Waals surface area contributed by atoms with Crippen LogP contribution in [0.3, 0.4) is 0 Å². The lowest BCUT2D eigenvalue weighted by Crippen LogP contribution is -2.37. The maximum Gasteiger partial charge on any atom is 0.220 e. The normalized spacial score (nSPS) is 23.4. The highest BCUT2D eigenvalue weighted by Crippen LogP contribution is 2.29. The Balaban J connectivity index is 1.28. The van der Waals surface area contributed by atoms with Gasteiger partial charge in [-0.05, 0) is 119 Å². The summed E-state index contributed by atoms with van der Waals surface area (Å²) in [5.74, 6) is 1.60. The molecule has 1 aromatic rings. The molecule has 0 spiro atoms. The summed E-state index contributed by atoms with van der Waals surface area (Å²) in [5, 5.41) is 3.21. The molecule has 1 saturated carbocycles. The molecule has 2 aliphatic rings. The maximum atomic E-state index is 13.5. The Morgan fingerprint density at radius 2 is 1.87 bits per heavy atom. The van der Waals surface area contributed by atoms with E-state index in [-0.39, 0.29) is 11.7 Å². The lowest BCUT2D eigenvalue weighted by atomic mass is 9.83. The van der Waals surface area contributed by atoms with Crippen molar-refractivity contribution in [3.8, 4) is 0 Å². The number of hydrogen-bond acceptors (Lipinski definition) is 2. The van der Waals surface area contributed by atoms with Gasteiger partial charge in [-0.1, -0.05) is 22.9 Å². The van der Waals surface area contributed by atoms with E-state index in [1.54, 1.807) is 6.07 Å². The van der Waals surface area contributed by atoms with Gasteiger partial charge in [0.05, 0.1) is 0 Å². The average Bonchev–Trinajstić information content (AvgIpc) is 2.73. The highest BCUT2D eigenvalue weighted by Gasteiger charge is 2.23. The molecule has 1 N–H and O–H groups in total. The van der Waals surface area contributed by atoms with Crippen molar-refractivity contribution in [3.63, 3.8) is 0 Å². The molecule has 3 rings (SSSR count). The van der Waals surface area contributed by atoms with Crippen molar-refractivity contribution in [2.75, 3.05) is 19.6 Å². The van der Waals surface area contributed by atoms with Crippen molar-refractivity contribution in [1.82, 2.24) is 10.2 Å². The molecule has 2 fully saturated rings. The first kappa shape index (κ1) is 23.7. The minimum absolute atomic E-state index is 0.136. The maximum absolute atomic E-state index is 13.5. The smallest absolute Gasteiger partial charge is 0.220 e. The first-order valence-corrected chi connectivity index (χ1v) is 12.8. The first-order valence-electron chi connectivity index (χ1n) is 12.0. The molecule has 1 saturated heterocycles. The molecule has 1 aliphatic heterocycles. The lowest BCUT2D eigenvalue weighted by Gasteiger charge is -2.33. The summed E-state index contributed by atoms with van der Waals surface area (Å²) in [6.07, 6.45) is 12.5. The van der Waals surface area contributed by atoms with E-state index in [2.05, 4.69) is 33.1 Å². The van der Waals surface area contributed by atoms with Gasteiger partial charge in [0.1, 0.15) is 5.82 Å². The fourth-order valence-corrected chi connectivity index (χ4v) is 5.56. The van der Waals surface area contributed by atoms with Gasteiger partial charge >= 0.3 is 0 Å². The van der Waals surface area contributed by atoms with Crippen molar-refractivity contribution >= 4 is 21.8 Å². The number of likely N-dealkylation sites (tertiary alicyclic amines) is 1. The number of halogens is 2. The monoisotopic (exact) mass is 480 g/mol. The van der Waals surface area contributed by atoms with Crippen LogP contribution in [0.4, 0.5) is 4.39 Å². The molecular formula is C25H38BrFN2O. The molecule has 168 valence electrons. The summed E-state index contributed by atoms with van der Waals surface area (Å²) in [5.41, 5.74) is 1.11. The second-order valence-electron chi connectivity index (χ2n) is 9.40. The second-order valence-corrected chi connectivity index (χ2v) is 10.3. The van der Waals surface area contributed by atoms with Crippen LogP contribution in [0.1, 0.15) is 76.7 Å². The van der Waals surface area contributed by atoms with E-state index in [0.29, 0.717) is 18.4 Å². The average molecular weight is 481 g/mol. The number of hydrogen-bond donors (Lipinski definition) is 1. The third kappa shape index (κ3) is 7.64. The van der Waals surface area contributed by atoms with Crippen LogP contribution >= 0.6 is 15.9 Å². The van der Waals surface area contributed by atoms with Crippen LogP contribution in [0, 0.1) is 17.7 Å². The van der Waals surface area contributed by atoms with Crippen molar-refractivity contribution in [2.45, 2.75) is 83.6 Å². The predicted octanol–water partition coefficient (Wildman–Crippen LogP) is 6.10. The number of nitrogens with zero attached hydrogens (tertiary/aromatic N) is 1. The molecule has 0 atom stereocenters. The van der Waals surface area contributed by atoms with E-state index in [1.807, 2.05) is 6.07 Å². The summed E-state index contributed by atoms with van der Waals surface area (Å²) in [7, 11) is 0. The van der Waals surface area contributed by atoms with E-state index in [0.717, 1.165) is 41.6 Å². The van der Waals surface area contributed by atoms with Gasteiger partial charge in [0, 0.05) is 16.9 Å². The minimum Gasteiger partial charge on any atom is -0.353 e. The number of carbonyl (C=O) groups excluding carboxylic acids is 1. The Labute approximate surface area is 190 Å². The quantitative estimate of drug-likeness (QED) is 0.463. The molecule has 1 amide bonds. The van der Waals surface area contributed by atoms with E-state index >= 15 is 0 Å². The van der Waals surface area contributed by atoms with Crippen molar-refractivity contribution in [3.05, 3.63) is 34.1 Å². The fraction of sp³-hybridized carbons (Fsp3) is 0.720. The van der Waals surface area contributed by atoms with Gasteiger partial charge in [0.25, 0.3) is 0 Å². The zero-order valence-electron chi connectivity index (χ0n) is 18.5. The molecule has 0 unspecified atom stereocenters. The fourth-order valence-electron chi connectivity index (χ4n) is 5.15. The Bertz CT molecular complexity index is 667. The van der Waals surface area contributed by atoms with E-state index < -0.39 is 0 Å².